The monoisotopic (exact) mass is 506 g/mol. The molecular weight excluding hydrogens is 480 g/mol. The van der Waals surface area contributed by atoms with E-state index in [0.717, 1.165) is 48.7 Å². The van der Waals surface area contributed by atoms with Crippen molar-refractivity contribution in [2.75, 3.05) is 30.9 Å². The Kier molecular flexibility index (Phi) is 7.27. The van der Waals surface area contributed by atoms with E-state index in [0.29, 0.717) is 29.2 Å². The summed E-state index contributed by atoms with van der Waals surface area (Å²) in [6.45, 7) is 3.90. The maximum atomic E-state index is 13.0. The van der Waals surface area contributed by atoms with Crippen LogP contribution in [-0.4, -0.2) is 52.3 Å². The topological polar surface area (TPSA) is 65.0 Å². The molecule has 0 bridgehead atoms. The number of aryl methyl sites for hydroxylation is 1. The lowest BCUT2D eigenvalue weighted by atomic mass is 10.1. The number of rotatable bonds is 6. The fourth-order valence-corrected chi connectivity index (χ4v) is 5.57. The van der Waals surface area contributed by atoms with Crippen LogP contribution in [0.15, 0.2) is 76.6 Å². The fraction of sp³-hybridized carbons (Fsp3) is 0.259. The van der Waals surface area contributed by atoms with E-state index in [9.17, 15) is 9.00 Å². The molecule has 1 N–H and O–H groups in total. The Morgan fingerprint density at radius 3 is 2.46 bits per heavy atom. The van der Waals surface area contributed by atoms with Gasteiger partial charge in [-0.3, -0.25) is 14.7 Å². The molecule has 5 rings (SSSR count). The van der Waals surface area contributed by atoms with Crippen molar-refractivity contribution >= 4 is 46.1 Å². The van der Waals surface area contributed by atoms with Crippen LogP contribution in [0.25, 0.3) is 0 Å². The van der Waals surface area contributed by atoms with Crippen LogP contribution in [-0.2, 0) is 24.0 Å². The molecule has 0 aliphatic carbocycles. The number of hydrogen-bond donors (Lipinski definition) is 1. The molecule has 1 atom stereocenters. The molecule has 1 fully saturated rings. The zero-order valence-corrected chi connectivity index (χ0v) is 20.9. The van der Waals surface area contributed by atoms with Gasteiger partial charge in [0, 0.05) is 55.2 Å². The number of carbonyl (C=O) groups excluding carboxylic acids is 1. The summed E-state index contributed by atoms with van der Waals surface area (Å²) in [5, 5.41) is 0.741. The van der Waals surface area contributed by atoms with Crippen LogP contribution in [0.5, 0.6) is 0 Å². The van der Waals surface area contributed by atoms with E-state index >= 15 is 0 Å². The van der Waals surface area contributed by atoms with Gasteiger partial charge in [0.1, 0.15) is 0 Å². The average Bonchev–Trinajstić information content (AvgIpc) is 2.90. The first kappa shape index (κ1) is 23.7. The predicted octanol–water partition coefficient (Wildman–Crippen LogP) is 5.08. The molecule has 3 aromatic rings. The number of amides is 1. The van der Waals surface area contributed by atoms with Gasteiger partial charge in [-0.05, 0) is 66.4 Å². The molecule has 6 nitrogen and oxygen atoms in total. The SMILES string of the molecule is O=C(c1ccc(NS(=O)c2cccc3c2N=CCC3)cc1)N1CCN(Cc2ccc(Cl)cc2)CC1. The first-order chi connectivity index (χ1) is 17.1. The van der Waals surface area contributed by atoms with Crippen LogP contribution >= 0.6 is 11.6 Å². The minimum Gasteiger partial charge on any atom is -0.336 e. The van der Waals surface area contributed by atoms with Gasteiger partial charge in [-0.25, -0.2) is 4.21 Å². The molecule has 180 valence electrons. The van der Waals surface area contributed by atoms with Crippen molar-refractivity contribution in [1.82, 2.24) is 9.80 Å². The predicted molar refractivity (Wildman–Crippen MR) is 142 cm³/mol. The molecule has 0 aromatic heterocycles. The number of halogens is 1. The quantitative estimate of drug-likeness (QED) is 0.507. The average molecular weight is 507 g/mol. The third-order valence-corrected chi connectivity index (χ3v) is 7.77. The van der Waals surface area contributed by atoms with Crippen molar-refractivity contribution in [2.24, 2.45) is 4.99 Å². The fourth-order valence-electron chi connectivity index (χ4n) is 4.42. The summed E-state index contributed by atoms with van der Waals surface area (Å²) in [5.41, 5.74) is 4.47. The number of nitrogens with zero attached hydrogens (tertiary/aromatic N) is 3. The summed E-state index contributed by atoms with van der Waals surface area (Å²) in [4.78, 5) is 22.4. The summed E-state index contributed by atoms with van der Waals surface area (Å²) < 4.78 is 16.0. The Balaban J connectivity index is 1.16. The van der Waals surface area contributed by atoms with Crippen LogP contribution in [0, 0.1) is 0 Å². The number of aliphatic imine (C=N–C) groups is 1. The van der Waals surface area contributed by atoms with Gasteiger partial charge in [-0.2, -0.15) is 0 Å². The van der Waals surface area contributed by atoms with Gasteiger partial charge in [0.05, 0.1) is 10.6 Å². The zero-order chi connectivity index (χ0) is 24.2. The highest BCUT2D eigenvalue weighted by molar-refractivity contribution is 7.86. The molecule has 8 heteroatoms. The summed E-state index contributed by atoms with van der Waals surface area (Å²) in [6.07, 6.45) is 3.69. The van der Waals surface area contributed by atoms with Crippen molar-refractivity contribution in [2.45, 2.75) is 24.3 Å². The standard InChI is InChI=1S/C27H27ClN4O2S/c28-23-10-6-20(7-11-23)19-31-15-17-32(18-16-31)27(33)22-8-12-24(13-9-22)30-35(34)25-5-1-3-21-4-2-14-29-26(21)25/h1,3,5-14,30H,2,4,15-19H2. The second-order valence-corrected chi connectivity index (χ2v) is 10.4. The third kappa shape index (κ3) is 5.64. The lowest BCUT2D eigenvalue weighted by molar-refractivity contribution is 0.0628. The van der Waals surface area contributed by atoms with Crippen molar-refractivity contribution < 1.29 is 9.00 Å². The molecule has 2 heterocycles. The Labute approximate surface area is 213 Å². The third-order valence-electron chi connectivity index (χ3n) is 6.37. The number of hydrogen-bond acceptors (Lipinski definition) is 4. The Morgan fingerprint density at radius 2 is 1.71 bits per heavy atom. The second kappa shape index (κ2) is 10.7. The Bertz CT molecular complexity index is 1250. The van der Waals surface area contributed by atoms with Gasteiger partial charge in [-0.1, -0.05) is 35.9 Å². The van der Waals surface area contributed by atoms with Gasteiger partial charge in [0.15, 0.2) is 11.0 Å². The van der Waals surface area contributed by atoms with Crippen molar-refractivity contribution in [3.63, 3.8) is 0 Å². The highest BCUT2D eigenvalue weighted by Gasteiger charge is 2.22. The van der Waals surface area contributed by atoms with Gasteiger partial charge >= 0.3 is 0 Å². The number of benzene rings is 3. The first-order valence-corrected chi connectivity index (χ1v) is 13.3. The minimum absolute atomic E-state index is 0.0234. The molecule has 1 unspecified atom stereocenters. The van der Waals surface area contributed by atoms with E-state index in [2.05, 4.69) is 14.6 Å². The maximum Gasteiger partial charge on any atom is 0.253 e. The van der Waals surface area contributed by atoms with E-state index in [1.807, 2.05) is 53.6 Å². The normalized spacial score (nSPS) is 16.5. The summed E-state index contributed by atoms with van der Waals surface area (Å²) in [7, 11) is -1.44. The van der Waals surface area contributed by atoms with Crippen LogP contribution in [0.3, 0.4) is 0 Å². The summed E-state index contributed by atoms with van der Waals surface area (Å²) in [6, 6.07) is 20.9. The summed E-state index contributed by atoms with van der Waals surface area (Å²) >= 11 is 5.97. The van der Waals surface area contributed by atoms with E-state index in [-0.39, 0.29) is 5.91 Å². The van der Waals surface area contributed by atoms with E-state index in [4.69, 9.17) is 11.6 Å². The van der Waals surface area contributed by atoms with Gasteiger partial charge < -0.3 is 9.62 Å². The smallest absolute Gasteiger partial charge is 0.253 e. The highest BCUT2D eigenvalue weighted by Crippen LogP contribution is 2.31. The molecule has 1 saturated heterocycles. The number of fused-ring (bicyclic) bond motifs is 1. The number of para-hydroxylation sites is 1. The first-order valence-electron chi connectivity index (χ1n) is 11.8. The molecule has 2 aliphatic rings. The number of anilines is 1. The van der Waals surface area contributed by atoms with Crippen molar-refractivity contribution in [1.29, 1.82) is 0 Å². The van der Waals surface area contributed by atoms with Gasteiger partial charge in [0.2, 0.25) is 0 Å². The summed E-state index contributed by atoms with van der Waals surface area (Å²) in [5.74, 6) is 0.0234. The highest BCUT2D eigenvalue weighted by atomic mass is 35.5. The van der Waals surface area contributed by atoms with Gasteiger partial charge in [0.25, 0.3) is 5.91 Å². The van der Waals surface area contributed by atoms with E-state index < -0.39 is 11.0 Å². The second-order valence-electron chi connectivity index (χ2n) is 8.76. The number of piperazine rings is 1. The molecule has 1 amide bonds. The lowest BCUT2D eigenvalue weighted by Gasteiger charge is -2.34. The van der Waals surface area contributed by atoms with Crippen molar-refractivity contribution in [3.05, 3.63) is 88.4 Å². The van der Waals surface area contributed by atoms with E-state index in [1.165, 1.54) is 5.56 Å². The largest absolute Gasteiger partial charge is 0.336 e. The minimum atomic E-state index is -1.44. The van der Waals surface area contributed by atoms with Gasteiger partial charge in [-0.15, -0.1) is 0 Å². The van der Waals surface area contributed by atoms with Crippen LogP contribution in [0.4, 0.5) is 11.4 Å². The molecule has 3 aromatic carbocycles. The van der Waals surface area contributed by atoms with E-state index in [1.54, 1.807) is 24.3 Å². The molecule has 0 radical (unpaired) electrons. The molecule has 2 aliphatic heterocycles. The number of nitrogens with one attached hydrogen (secondary N) is 1. The molecule has 35 heavy (non-hydrogen) atoms. The van der Waals surface area contributed by atoms with Crippen molar-refractivity contribution in [3.8, 4) is 0 Å². The Morgan fingerprint density at radius 1 is 0.971 bits per heavy atom. The van der Waals surface area contributed by atoms with Crippen LogP contribution in [0.2, 0.25) is 5.02 Å². The molecule has 0 spiro atoms. The maximum absolute atomic E-state index is 13.0. The van der Waals surface area contributed by atoms with Crippen LogP contribution < -0.4 is 4.72 Å². The van der Waals surface area contributed by atoms with Crippen LogP contribution in [0.1, 0.15) is 27.9 Å². The Hall–Kier alpha value is -3.00. The number of carbonyl (C=O) groups is 1. The zero-order valence-electron chi connectivity index (χ0n) is 19.3. The lowest BCUT2D eigenvalue weighted by Crippen LogP contribution is -2.48. The molecule has 0 saturated carbocycles. The molecular formula is C27H27ClN4O2S.